The van der Waals surface area contributed by atoms with E-state index in [1.54, 1.807) is 13.0 Å². The van der Waals surface area contributed by atoms with Crippen LogP contribution in [0.15, 0.2) is 18.2 Å². The van der Waals surface area contributed by atoms with Crippen LogP contribution in [0.5, 0.6) is 0 Å². The van der Waals surface area contributed by atoms with Gasteiger partial charge in [0.1, 0.15) is 0 Å². The van der Waals surface area contributed by atoms with E-state index in [0.29, 0.717) is 30.6 Å². The van der Waals surface area contributed by atoms with E-state index < -0.39 is 4.92 Å². The fourth-order valence-corrected chi connectivity index (χ4v) is 1.37. The number of nitrogens with two attached hydrogens (primary N) is 1. The molecule has 0 fully saturated rings. The molecule has 0 saturated heterocycles. The molecule has 0 atom stereocenters. The van der Waals surface area contributed by atoms with Gasteiger partial charge in [-0.05, 0) is 25.5 Å². The van der Waals surface area contributed by atoms with E-state index in [1.807, 2.05) is 0 Å². The maximum atomic E-state index is 11.7. The summed E-state index contributed by atoms with van der Waals surface area (Å²) < 4.78 is 0. The molecule has 6 nitrogen and oxygen atoms in total. The summed E-state index contributed by atoms with van der Waals surface area (Å²) in [6.45, 7) is 2.70. The van der Waals surface area contributed by atoms with Crippen LogP contribution in [0.2, 0.25) is 0 Å². The van der Waals surface area contributed by atoms with Crippen LogP contribution in [0.25, 0.3) is 0 Å². The molecule has 0 aromatic heterocycles. The third kappa shape index (κ3) is 4.31. The molecule has 0 aliphatic heterocycles. The van der Waals surface area contributed by atoms with Gasteiger partial charge >= 0.3 is 0 Å². The molecule has 100 valence electrons. The predicted molar refractivity (Wildman–Crippen MR) is 71.1 cm³/mol. The van der Waals surface area contributed by atoms with Gasteiger partial charge in [0, 0.05) is 24.2 Å². The number of hydrogen-bond acceptors (Lipinski definition) is 4. The van der Waals surface area contributed by atoms with E-state index in [-0.39, 0.29) is 24.0 Å². The normalized spacial score (nSPS) is 9.44. The molecular formula is C11H16ClN3O3. The zero-order chi connectivity index (χ0) is 12.8. The van der Waals surface area contributed by atoms with Gasteiger partial charge in [-0.3, -0.25) is 14.9 Å². The number of benzene rings is 1. The molecule has 0 aliphatic rings. The molecule has 0 heterocycles. The van der Waals surface area contributed by atoms with Crippen LogP contribution in [0.4, 0.5) is 5.69 Å². The van der Waals surface area contributed by atoms with Gasteiger partial charge in [0.15, 0.2) is 0 Å². The number of amides is 1. The van der Waals surface area contributed by atoms with E-state index in [9.17, 15) is 14.9 Å². The largest absolute Gasteiger partial charge is 0.352 e. The second-order valence-electron chi connectivity index (χ2n) is 3.65. The number of nitrogens with one attached hydrogen (secondary N) is 1. The molecule has 7 heteroatoms. The molecular weight excluding hydrogens is 258 g/mol. The molecule has 0 bridgehead atoms. The Bertz CT molecular complexity index is 438. The van der Waals surface area contributed by atoms with Gasteiger partial charge in [-0.1, -0.05) is 6.07 Å². The third-order valence-electron chi connectivity index (χ3n) is 2.34. The molecule has 1 rings (SSSR count). The quantitative estimate of drug-likeness (QED) is 0.481. The number of aryl methyl sites for hydroxylation is 1. The predicted octanol–water partition coefficient (Wildman–Crippen LogP) is 1.40. The fraction of sp³-hybridized carbons (Fsp3) is 0.364. The summed E-state index contributed by atoms with van der Waals surface area (Å²) >= 11 is 0. The lowest BCUT2D eigenvalue weighted by Gasteiger charge is -2.06. The first-order chi connectivity index (χ1) is 8.06. The average Bonchev–Trinajstić information content (AvgIpc) is 2.29. The first-order valence-corrected chi connectivity index (χ1v) is 5.29. The van der Waals surface area contributed by atoms with Gasteiger partial charge in [-0.15, -0.1) is 12.4 Å². The van der Waals surface area contributed by atoms with Crippen LogP contribution in [0, 0.1) is 17.0 Å². The van der Waals surface area contributed by atoms with Crippen molar-refractivity contribution in [2.24, 2.45) is 5.73 Å². The molecule has 3 N–H and O–H groups in total. The average molecular weight is 274 g/mol. The Morgan fingerprint density at radius 1 is 1.50 bits per heavy atom. The van der Waals surface area contributed by atoms with Gasteiger partial charge in [-0.2, -0.15) is 0 Å². The Kier molecular flexibility index (Phi) is 6.92. The second-order valence-corrected chi connectivity index (χ2v) is 3.65. The summed E-state index contributed by atoms with van der Waals surface area (Å²) in [5.41, 5.74) is 6.26. The van der Waals surface area contributed by atoms with Crippen molar-refractivity contribution in [3.63, 3.8) is 0 Å². The number of halogens is 1. The summed E-state index contributed by atoms with van der Waals surface area (Å²) in [7, 11) is 0. The van der Waals surface area contributed by atoms with Crippen molar-refractivity contribution in [3.8, 4) is 0 Å². The number of nitrogens with zero attached hydrogens (tertiary/aromatic N) is 1. The summed E-state index contributed by atoms with van der Waals surface area (Å²) in [6, 6.07) is 4.23. The molecule has 1 aromatic carbocycles. The maximum absolute atomic E-state index is 11.7. The second kappa shape index (κ2) is 7.62. The van der Waals surface area contributed by atoms with E-state index >= 15 is 0 Å². The number of carbonyl (C=O) groups excluding carboxylic acids is 1. The minimum absolute atomic E-state index is 0. The monoisotopic (exact) mass is 273 g/mol. The van der Waals surface area contributed by atoms with Crippen LogP contribution in [-0.4, -0.2) is 23.9 Å². The van der Waals surface area contributed by atoms with Crippen molar-refractivity contribution < 1.29 is 9.72 Å². The standard InChI is InChI=1S/C11H15N3O3.ClH/c1-8-3-4-9(14(16)17)7-10(8)11(15)13-6-2-5-12;/h3-4,7H,2,5-6,12H2,1H3,(H,13,15);1H. The fourth-order valence-electron chi connectivity index (χ4n) is 1.37. The Balaban J connectivity index is 0.00000289. The highest BCUT2D eigenvalue weighted by Gasteiger charge is 2.13. The van der Waals surface area contributed by atoms with Crippen LogP contribution in [0.1, 0.15) is 22.3 Å². The Morgan fingerprint density at radius 2 is 2.17 bits per heavy atom. The summed E-state index contributed by atoms with van der Waals surface area (Å²) in [6.07, 6.45) is 0.680. The van der Waals surface area contributed by atoms with Crippen molar-refractivity contribution in [1.82, 2.24) is 5.32 Å². The van der Waals surface area contributed by atoms with Gasteiger partial charge in [-0.25, -0.2) is 0 Å². The first kappa shape index (κ1) is 16.3. The molecule has 18 heavy (non-hydrogen) atoms. The molecule has 0 aliphatic carbocycles. The lowest BCUT2D eigenvalue weighted by Crippen LogP contribution is -2.26. The number of non-ortho nitro benzene ring substituents is 1. The number of hydrogen-bond donors (Lipinski definition) is 2. The highest BCUT2D eigenvalue weighted by atomic mass is 35.5. The molecule has 1 aromatic rings. The number of carbonyl (C=O) groups is 1. The minimum atomic E-state index is -0.518. The highest BCUT2D eigenvalue weighted by molar-refractivity contribution is 5.96. The number of nitro benzene ring substituents is 1. The summed E-state index contributed by atoms with van der Waals surface area (Å²) in [4.78, 5) is 21.8. The SMILES string of the molecule is Cc1ccc([N+](=O)[O-])cc1C(=O)NCCCN.Cl. The molecule has 0 saturated carbocycles. The Labute approximate surface area is 111 Å². The van der Waals surface area contributed by atoms with Crippen LogP contribution in [0.3, 0.4) is 0 Å². The summed E-state index contributed by atoms with van der Waals surface area (Å²) in [5.74, 6) is -0.306. The zero-order valence-corrected chi connectivity index (χ0v) is 10.8. The van der Waals surface area contributed by atoms with E-state index in [4.69, 9.17) is 5.73 Å². The van der Waals surface area contributed by atoms with E-state index in [1.165, 1.54) is 12.1 Å². The van der Waals surface area contributed by atoms with Crippen molar-refractivity contribution in [2.75, 3.05) is 13.1 Å². The topological polar surface area (TPSA) is 98.3 Å². The first-order valence-electron chi connectivity index (χ1n) is 5.29. The third-order valence-corrected chi connectivity index (χ3v) is 2.34. The molecule has 0 spiro atoms. The summed E-state index contributed by atoms with van der Waals surface area (Å²) in [5, 5.41) is 13.3. The van der Waals surface area contributed by atoms with Gasteiger partial charge in [0.05, 0.1) is 4.92 Å². The van der Waals surface area contributed by atoms with E-state index in [2.05, 4.69) is 5.32 Å². The minimum Gasteiger partial charge on any atom is -0.352 e. The van der Waals surface area contributed by atoms with Crippen molar-refractivity contribution in [2.45, 2.75) is 13.3 Å². The number of rotatable bonds is 5. The smallest absolute Gasteiger partial charge is 0.270 e. The lowest BCUT2D eigenvalue weighted by atomic mass is 10.1. The van der Waals surface area contributed by atoms with Crippen molar-refractivity contribution >= 4 is 24.0 Å². The van der Waals surface area contributed by atoms with Gasteiger partial charge in [0.2, 0.25) is 0 Å². The van der Waals surface area contributed by atoms with Crippen LogP contribution >= 0.6 is 12.4 Å². The zero-order valence-electron chi connectivity index (χ0n) is 10.0. The Hall–Kier alpha value is -1.66. The lowest BCUT2D eigenvalue weighted by molar-refractivity contribution is -0.384. The van der Waals surface area contributed by atoms with Gasteiger partial charge in [0.25, 0.3) is 11.6 Å². The van der Waals surface area contributed by atoms with E-state index in [0.717, 1.165) is 0 Å². The molecule has 0 unspecified atom stereocenters. The highest BCUT2D eigenvalue weighted by Crippen LogP contribution is 2.17. The maximum Gasteiger partial charge on any atom is 0.270 e. The molecule has 0 radical (unpaired) electrons. The van der Waals surface area contributed by atoms with Crippen molar-refractivity contribution in [3.05, 3.63) is 39.4 Å². The van der Waals surface area contributed by atoms with Crippen LogP contribution in [-0.2, 0) is 0 Å². The van der Waals surface area contributed by atoms with Crippen LogP contribution < -0.4 is 11.1 Å². The van der Waals surface area contributed by atoms with Gasteiger partial charge < -0.3 is 11.1 Å². The number of nitro groups is 1. The van der Waals surface area contributed by atoms with Crippen molar-refractivity contribution in [1.29, 1.82) is 0 Å². The molecule has 1 amide bonds. The Morgan fingerprint density at radius 3 is 2.72 bits per heavy atom.